The van der Waals surface area contributed by atoms with E-state index in [2.05, 4.69) is 6.58 Å². The van der Waals surface area contributed by atoms with Gasteiger partial charge >= 0.3 is 0 Å². The highest BCUT2D eigenvalue weighted by Crippen LogP contribution is 2.00. The van der Waals surface area contributed by atoms with Crippen LogP contribution in [0.3, 0.4) is 0 Å². The van der Waals surface area contributed by atoms with Crippen molar-refractivity contribution in [1.29, 1.82) is 0 Å². The Hall–Kier alpha value is -0.430. The molecule has 0 aliphatic rings. The van der Waals surface area contributed by atoms with Gasteiger partial charge in [-0.25, -0.2) is 0 Å². The molecule has 0 amide bonds. The van der Waals surface area contributed by atoms with Crippen LogP contribution in [0.5, 0.6) is 0 Å². The van der Waals surface area contributed by atoms with Gasteiger partial charge in [-0.15, -0.1) is 0 Å². The van der Waals surface area contributed by atoms with E-state index in [1.54, 1.807) is 12.3 Å². The lowest BCUT2D eigenvalue weighted by Gasteiger charge is -2.02. The highest BCUT2D eigenvalue weighted by atomic mass is 35.5. The largest absolute Gasteiger partial charge is 0.382 e. The predicted molar refractivity (Wildman–Crippen MR) is 37.8 cm³/mol. The molecule has 0 fully saturated rings. The average Bonchev–Trinajstić information content (AvgIpc) is 1.65. The molecule has 1 nitrogen and oxygen atoms in total. The van der Waals surface area contributed by atoms with Crippen molar-refractivity contribution >= 4 is 11.6 Å². The molecule has 0 aromatic heterocycles. The Morgan fingerprint density at radius 2 is 2.12 bits per heavy atom. The molecule has 0 bridgehead atoms. The van der Waals surface area contributed by atoms with Gasteiger partial charge in [-0.1, -0.05) is 18.2 Å². The second-order valence-corrected chi connectivity index (χ2v) is 2.12. The maximum absolute atomic E-state index is 5.56. The minimum atomic E-state index is 0.662. The summed E-state index contributed by atoms with van der Waals surface area (Å²) >= 11 is 5.56. The molecule has 0 atom stereocenters. The fraction of sp³-hybridized carbons (Fsp3) is 0.333. The van der Waals surface area contributed by atoms with Gasteiger partial charge < -0.3 is 4.90 Å². The number of allylic oxidation sites excluding steroid dienone is 2. The van der Waals surface area contributed by atoms with E-state index in [0.717, 1.165) is 0 Å². The zero-order valence-corrected chi connectivity index (χ0v) is 5.94. The molecule has 8 heavy (non-hydrogen) atoms. The lowest BCUT2D eigenvalue weighted by Crippen LogP contribution is -2.00. The lowest BCUT2D eigenvalue weighted by atomic mass is 10.6. The van der Waals surface area contributed by atoms with Crippen molar-refractivity contribution in [3.8, 4) is 0 Å². The number of halogens is 1. The molecule has 0 N–H and O–H groups in total. The Bertz CT molecular complexity index is 105. The van der Waals surface area contributed by atoms with E-state index in [1.807, 2.05) is 19.0 Å². The molecule has 0 aromatic rings. The van der Waals surface area contributed by atoms with Crippen LogP contribution in [0, 0.1) is 0 Å². The van der Waals surface area contributed by atoms with E-state index in [9.17, 15) is 0 Å². The summed E-state index contributed by atoms with van der Waals surface area (Å²) in [6.45, 7) is 3.49. The summed E-state index contributed by atoms with van der Waals surface area (Å²) in [6.07, 6.45) is 3.39. The molecule has 0 aliphatic heterocycles. The molecular weight excluding hydrogens is 122 g/mol. The van der Waals surface area contributed by atoms with E-state index in [4.69, 9.17) is 11.6 Å². The normalized spacial score (nSPS) is 11.1. The van der Waals surface area contributed by atoms with E-state index in [1.165, 1.54) is 0 Å². The molecule has 0 unspecified atom stereocenters. The van der Waals surface area contributed by atoms with Crippen LogP contribution in [0.15, 0.2) is 23.9 Å². The highest BCUT2D eigenvalue weighted by molar-refractivity contribution is 6.31. The summed E-state index contributed by atoms with van der Waals surface area (Å²) in [5.41, 5.74) is 0. The zero-order chi connectivity index (χ0) is 6.57. The van der Waals surface area contributed by atoms with Crippen molar-refractivity contribution in [2.75, 3.05) is 14.1 Å². The molecule has 0 saturated heterocycles. The number of hydrogen-bond donors (Lipinski definition) is 0. The Kier molecular flexibility index (Phi) is 3.37. The molecule has 0 saturated carbocycles. The van der Waals surface area contributed by atoms with Crippen molar-refractivity contribution < 1.29 is 0 Å². The first-order valence-electron chi connectivity index (χ1n) is 2.33. The molecule has 0 spiro atoms. The third-order valence-corrected chi connectivity index (χ3v) is 0.828. The summed E-state index contributed by atoms with van der Waals surface area (Å²) in [7, 11) is 3.82. The fourth-order valence-electron chi connectivity index (χ4n) is 0.299. The fourth-order valence-corrected chi connectivity index (χ4v) is 0.495. The lowest BCUT2D eigenvalue weighted by molar-refractivity contribution is 0.562. The van der Waals surface area contributed by atoms with Crippen LogP contribution < -0.4 is 0 Å². The maximum Gasteiger partial charge on any atom is 0.0558 e. The molecule has 0 aromatic carbocycles. The van der Waals surface area contributed by atoms with E-state index in [-0.39, 0.29) is 0 Å². The standard InChI is InChI=1S/C6H10ClN/c1-4-6(7)5-8(2)3/h4-5H,1H2,2-3H3/b6-5+. The SMILES string of the molecule is C=C/C(Cl)=C\N(C)C. The van der Waals surface area contributed by atoms with Crippen LogP contribution in [-0.4, -0.2) is 19.0 Å². The summed E-state index contributed by atoms with van der Waals surface area (Å²) in [4.78, 5) is 1.87. The molecular formula is C6H10ClN. The van der Waals surface area contributed by atoms with Gasteiger partial charge in [-0.05, 0) is 6.08 Å². The van der Waals surface area contributed by atoms with Crippen LogP contribution in [0.25, 0.3) is 0 Å². The summed E-state index contributed by atoms with van der Waals surface area (Å²) in [6, 6.07) is 0. The quantitative estimate of drug-likeness (QED) is 0.517. The first kappa shape index (κ1) is 7.57. The van der Waals surface area contributed by atoms with E-state index >= 15 is 0 Å². The van der Waals surface area contributed by atoms with Crippen molar-refractivity contribution in [2.24, 2.45) is 0 Å². The summed E-state index contributed by atoms with van der Waals surface area (Å²) in [5, 5.41) is 0.662. The first-order valence-corrected chi connectivity index (χ1v) is 2.71. The monoisotopic (exact) mass is 131 g/mol. The van der Waals surface area contributed by atoms with Gasteiger partial charge in [0.25, 0.3) is 0 Å². The Balaban J connectivity index is 3.74. The average molecular weight is 132 g/mol. The number of nitrogens with zero attached hydrogens (tertiary/aromatic N) is 1. The van der Waals surface area contributed by atoms with Gasteiger partial charge in [0.1, 0.15) is 0 Å². The van der Waals surface area contributed by atoms with Gasteiger partial charge in [-0.2, -0.15) is 0 Å². The molecule has 0 heterocycles. The molecule has 2 heteroatoms. The second kappa shape index (κ2) is 3.56. The molecule has 46 valence electrons. The maximum atomic E-state index is 5.56. The number of rotatable bonds is 2. The Labute approximate surface area is 55.2 Å². The van der Waals surface area contributed by atoms with Gasteiger partial charge in [-0.3, -0.25) is 0 Å². The topological polar surface area (TPSA) is 3.24 Å². The summed E-state index contributed by atoms with van der Waals surface area (Å²) < 4.78 is 0. The van der Waals surface area contributed by atoms with E-state index in [0.29, 0.717) is 5.03 Å². The van der Waals surface area contributed by atoms with Gasteiger partial charge in [0.05, 0.1) is 5.03 Å². The predicted octanol–water partition coefficient (Wildman–Crippen LogP) is 1.81. The van der Waals surface area contributed by atoms with Crippen LogP contribution in [0.2, 0.25) is 0 Å². The van der Waals surface area contributed by atoms with Crippen LogP contribution in [0.1, 0.15) is 0 Å². The first-order chi connectivity index (χ1) is 3.66. The van der Waals surface area contributed by atoms with Gasteiger partial charge in [0.2, 0.25) is 0 Å². The highest BCUT2D eigenvalue weighted by Gasteiger charge is 1.81. The van der Waals surface area contributed by atoms with Crippen molar-refractivity contribution in [3.05, 3.63) is 23.9 Å². The third-order valence-electron chi connectivity index (χ3n) is 0.577. The molecule has 0 aliphatic carbocycles. The van der Waals surface area contributed by atoms with Gasteiger partial charge in [0.15, 0.2) is 0 Å². The van der Waals surface area contributed by atoms with Crippen LogP contribution in [-0.2, 0) is 0 Å². The zero-order valence-electron chi connectivity index (χ0n) is 5.19. The molecule has 0 radical (unpaired) electrons. The second-order valence-electron chi connectivity index (χ2n) is 1.68. The Morgan fingerprint density at radius 3 is 2.25 bits per heavy atom. The third kappa shape index (κ3) is 3.75. The van der Waals surface area contributed by atoms with Gasteiger partial charge in [0, 0.05) is 20.3 Å². The Morgan fingerprint density at radius 1 is 1.62 bits per heavy atom. The van der Waals surface area contributed by atoms with Crippen LogP contribution >= 0.6 is 11.6 Å². The minimum Gasteiger partial charge on any atom is -0.382 e. The van der Waals surface area contributed by atoms with Crippen molar-refractivity contribution in [1.82, 2.24) is 4.90 Å². The summed E-state index contributed by atoms with van der Waals surface area (Å²) in [5.74, 6) is 0. The van der Waals surface area contributed by atoms with Crippen LogP contribution in [0.4, 0.5) is 0 Å². The minimum absolute atomic E-state index is 0.662. The smallest absolute Gasteiger partial charge is 0.0558 e. The number of hydrogen-bond acceptors (Lipinski definition) is 1. The van der Waals surface area contributed by atoms with Crippen molar-refractivity contribution in [3.63, 3.8) is 0 Å². The van der Waals surface area contributed by atoms with E-state index < -0.39 is 0 Å². The van der Waals surface area contributed by atoms with Crippen molar-refractivity contribution in [2.45, 2.75) is 0 Å². The molecule has 0 rings (SSSR count).